The quantitative estimate of drug-likeness (QED) is 0.277. The van der Waals surface area contributed by atoms with E-state index in [1.807, 2.05) is 20.8 Å². The summed E-state index contributed by atoms with van der Waals surface area (Å²) >= 11 is 0. The zero-order valence-corrected chi connectivity index (χ0v) is 30.5. The van der Waals surface area contributed by atoms with Crippen molar-refractivity contribution in [3.8, 4) is 17.2 Å². The maximum Gasteiger partial charge on any atom is 0.255 e. The summed E-state index contributed by atoms with van der Waals surface area (Å²) in [5, 5.41) is 39.8. The SMILES string of the molecule is COc1cccc2c1C(=O)c1c(O)c3c(c(O)c1C2=O)C[C@@](O)(C(=O)N1CCNCC(C)(C)C1)C[C@@H]3O[C@H]1C[C@H]2[C@H](O[C@@H]3[C@@H](OC)OCCN32)[C@H](C)O1. The van der Waals surface area contributed by atoms with E-state index in [0.29, 0.717) is 45.8 Å². The number of hydrogen-bond acceptors (Lipinski definition) is 14. The lowest BCUT2D eigenvalue weighted by molar-refractivity contribution is -0.256. The zero-order valence-electron chi connectivity index (χ0n) is 30.5. The van der Waals surface area contributed by atoms with Crippen LogP contribution in [0.4, 0.5) is 0 Å². The van der Waals surface area contributed by atoms with Gasteiger partial charge >= 0.3 is 0 Å². The Morgan fingerprint density at radius 1 is 1.04 bits per heavy atom. The Kier molecular flexibility index (Phi) is 9.09. The van der Waals surface area contributed by atoms with E-state index in [0.717, 1.165) is 0 Å². The van der Waals surface area contributed by atoms with E-state index < -0.39 is 83.1 Å². The number of methoxy groups -OCH3 is 2. The van der Waals surface area contributed by atoms with Crippen LogP contribution in [-0.2, 0) is 34.9 Å². The smallest absolute Gasteiger partial charge is 0.255 e. The lowest BCUT2D eigenvalue weighted by atomic mass is 9.72. The summed E-state index contributed by atoms with van der Waals surface area (Å²) in [4.78, 5) is 46.4. The number of phenols is 2. The standard InChI is InChI=1S/C38H47N3O12/c1-18-33-21(41-11-12-50-35(49-5)34(41)53-33)13-24(51-18)52-23-15-38(47,36(46)40-10-9-39-16-37(2,3)17-40)14-20-26(23)32(45)28-27(30(20)43)29(42)19-7-6-8-22(48-4)25(19)31(28)44/h6-8,18,21,23-24,33-35,39,43,45,47H,9-17H2,1-5H3/t18-,21-,23-,24-,33+,34+,35-,38-/m0/s1. The Balaban J connectivity index is 1.20. The highest BCUT2D eigenvalue weighted by Crippen LogP contribution is 2.53. The first-order chi connectivity index (χ1) is 25.3. The number of ketones is 2. The minimum absolute atomic E-state index is 0.000745. The normalized spacial score (nSPS) is 33.6. The zero-order chi connectivity index (χ0) is 37.6. The molecule has 0 spiro atoms. The van der Waals surface area contributed by atoms with Crippen LogP contribution in [-0.4, -0.2) is 139 Å². The summed E-state index contributed by atoms with van der Waals surface area (Å²) in [7, 11) is 2.93. The van der Waals surface area contributed by atoms with Gasteiger partial charge in [0, 0.05) is 81.8 Å². The largest absolute Gasteiger partial charge is 0.507 e. The first-order valence-electron chi connectivity index (χ1n) is 18.2. The molecular formula is C38H47N3O12. The van der Waals surface area contributed by atoms with Crippen molar-refractivity contribution in [2.45, 2.75) is 88.8 Å². The van der Waals surface area contributed by atoms with Crippen LogP contribution >= 0.6 is 0 Å². The predicted molar refractivity (Wildman–Crippen MR) is 185 cm³/mol. The third kappa shape index (κ3) is 5.84. The van der Waals surface area contributed by atoms with E-state index in [-0.39, 0.29) is 52.0 Å². The van der Waals surface area contributed by atoms with Gasteiger partial charge in [0.25, 0.3) is 5.91 Å². The number of carbonyl (C=O) groups is 3. The molecule has 0 saturated carbocycles. The molecule has 8 atom stereocenters. The molecule has 1 amide bonds. The third-order valence-electron chi connectivity index (χ3n) is 11.6. The van der Waals surface area contributed by atoms with E-state index in [2.05, 4.69) is 10.2 Å². The number of fused-ring (bicyclic) bond motifs is 6. The number of benzene rings is 2. The summed E-state index contributed by atoms with van der Waals surface area (Å²) in [6, 6.07) is 4.39. The molecule has 15 heteroatoms. The van der Waals surface area contributed by atoms with Crippen LogP contribution in [0.3, 0.4) is 0 Å². The predicted octanol–water partition coefficient (Wildman–Crippen LogP) is 1.61. The monoisotopic (exact) mass is 737 g/mol. The molecule has 0 aromatic heterocycles. The van der Waals surface area contributed by atoms with Gasteiger partial charge in [-0.15, -0.1) is 0 Å². The van der Waals surface area contributed by atoms with Crippen LogP contribution in [0.1, 0.15) is 82.7 Å². The summed E-state index contributed by atoms with van der Waals surface area (Å²) in [5.41, 5.74) is -3.27. The van der Waals surface area contributed by atoms with E-state index in [1.54, 1.807) is 18.1 Å². The van der Waals surface area contributed by atoms with Gasteiger partial charge in [-0.1, -0.05) is 26.0 Å². The number of morpholine rings is 1. The molecular weight excluding hydrogens is 690 g/mol. The summed E-state index contributed by atoms with van der Waals surface area (Å²) in [6.07, 6.45) is -4.38. The fraction of sp³-hybridized carbons (Fsp3) is 0.605. The number of ether oxygens (including phenoxy) is 6. The van der Waals surface area contributed by atoms with Crippen molar-refractivity contribution >= 4 is 17.5 Å². The Bertz CT molecular complexity index is 1850. The van der Waals surface area contributed by atoms with Crippen LogP contribution in [0, 0.1) is 5.41 Å². The van der Waals surface area contributed by atoms with Gasteiger partial charge in [0.2, 0.25) is 5.78 Å². The van der Waals surface area contributed by atoms with Crippen LogP contribution in [0.15, 0.2) is 18.2 Å². The molecule has 6 aliphatic rings. The van der Waals surface area contributed by atoms with Crippen LogP contribution in [0.25, 0.3) is 0 Å². The summed E-state index contributed by atoms with van der Waals surface area (Å²) < 4.78 is 36.1. The number of nitrogens with one attached hydrogen (secondary N) is 1. The van der Waals surface area contributed by atoms with Gasteiger partial charge < -0.3 is 54.0 Å². The lowest BCUT2D eigenvalue weighted by Gasteiger charge is -2.44. The molecule has 15 nitrogen and oxygen atoms in total. The Morgan fingerprint density at radius 3 is 2.57 bits per heavy atom. The summed E-state index contributed by atoms with van der Waals surface area (Å²) in [5.74, 6) is -3.00. The van der Waals surface area contributed by atoms with Crippen LogP contribution in [0.5, 0.6) is 17.2 Å². The van der Waals surface area contributed by atoms with Crippen molar-refractivity contribution < 1.29 is 58.1 Å². The highest BCUT2D eigenvalue weighted by molar-refractivity contribution is 6.31. The molecule has 286 valence electrons. The van der Waals surface area contributed by atoms with Crippen LogP contribution < -0.4 is 10.1 Å². The first-order valence-corrected chi connectivity index (χ1v) is 18.2. The molecule has 4 heterocycles. The van der Waals surface area contributed by atoms with Crippen molar-refractivity contribution in [3.05, 3.63) is 51.6 Å². The van der Waals surface area contributed by atoms with Crippen molar-refractivity contribution in [1.82, 2.24) is 15.1 Å². The molecule has 4 saturated heterocycles. The van der Waals surface area contributed by atoms with Crippen molar-refractivity contribution in [2.75, 3.05) is 53.6 Å². The van der Waals surface area contributed by atoms with Gasteiger partial charge in [-0.25, -0.2) is 0 Å². The average Bonchev–Trinajstić information content (AvgIpc) is 3.41. The maximum absolute atomic E-state index is 14.5. The van der Waals surface area contributed by atoms with Gasteiger partial charge in [0.1, 0.15) is 29.0 Å². The number of phenolic OH excluding ortho intramolecular Hbond substituents is 2. The number of amides is 1. The topological polar surface area (TPSA) is 186 Å². The van der Waals surface area contributed by atoms with Gasteiger partial charge in [-0.2, -0.15) is 0 Å². The highest BCUT2D eigenvalue weighted by atomic mass is 16.7. The second kappa shape index (κ2) is 13.3. The Hall–Kier alpha value is -3.67. The molecule has 2 aliphatic carbocycles. The average molecular weight is 738 g/mol. The van der Waals surface area contributed by atoms with Crippen LogP contribution in [0.2, 0.25) is 0 Å². The fourth-order valence-corrected chi connectivity index (χ4v) is 9.25. The van der Waals surface area contributed by atoms with E-state index >= 15 is 0 Å². The maximum atomic E-state index is 14.5. The van der Waals surface area contributed by atoms with Gasteiger partial charge in [-0.05, 0) is 18.4 Å². The molecule has 0 unspecified atom stereocenters. The number of rotatable bonds is 5. The Morgan fingerprint density at radius 2 is 1.81 bits per heavy atom. The molecule has 4 N–H and O–H groups in total. The molecule has 0 radical (unpaired) electrons. The van der Waals surface area contributed by atoms with Crippen molar-refractivity contribution in [2.24, 2.45) is 5.41 Å². The van der Waals surface area contributed by atoms with E-state index in [4.69, 9.17) is 28.4 Å². The number of carbonyl (C=O) groups excluding carboxylic acids is 3. The van der Waals surface area contributed by atoms with Crippen molar-refractivity contribution in [3.63, 3.8) is 0 Å². The van der Waals surface area contributed by atoms with Gasteiger partial charge in [0.05, 0.1) is 42.6 Å². The molecule has 53 heavy (non-hydrogen) atoms. The minimum atomic E-state index is -2.11. The molecule has 0 bridgehead atoms. The molecule has 2 aromatic rings. The molecule has 4 aliphatic heterocycles. The second-order valence-corrected chi connectivity index (χ2v) is 15.8. The summed E-state index contributed by atoms with van der Waals surface area (Å²) in [6.45, 7) is 8.85. The number of aliphatic hydroxyl groups is 1. The number of nitrogens with zero attached hydrogens (tertiary/aromatic N) is 2. The van der Waals surface area contributed by atoms with E-state index in [9.17, 15) is 29.7 Å². The lowest BCUT2D eigenvalue weighted by Crippen LogP contribution is -2.56. The molecule has 4 fully saturated rings. The fourth-order valence-electron chi connectivity index (χ4n) is 9.25. The van der Waals surface area contributed by atoms with Crippen molar-refractivity contribution in [1.29, 1.82) is 0 Å². The highest BCUT2D eigenvalue weighted by Gasteiger charge is 2.56. The first kappa shape index (κ1) is 36.3. The second-order valence-electron chi connectivity index (χ2n) is 15.8. The number of hydrogen-bond donors (Lipinski definition) is 4. The van der Waals surface area contributed by atoms with Gasteiger partial charge in [-0.3, -0.25) is 19.3 Å². The molecule has 8 rings (SSSR count). The molecule has 2 aromatic carbocycles. The number of aromatic hydroxyl groups is 2. The van der Waals surface area contributed by atoms with Gasteiger partial charge in [0.15, 0.2) is 24.6 Å². The minimum Gasteiger partial charge on any atom is -0.507 e. The Labute approximate surface area is 307 Å². The third-order valence-corrected chi connectivity index (χ3v) is 11.6. The van der Waals surface area contributed by atoms with E-state index in [1.165, 1.54) is 19.2 Å².